The molecule has 2 nitrogen and oxygen atoms in total. The number of benzene rings is 2. The fourth-order valence-electron chi connectivity index (χ4n) is 2.96. The average molecular weight is 328 g/mol. The van der Waals surface area contributed by atoms with E-state index in [1.807, 2.05) is 48.6 Å². The molecule has 0 atom stereocenters. The molecular formula is C22H17FN2. The lowest BCUT2D eigenvalue weighted by Gasteiger charge is -2.10. The molecule has 0 bridgehead atoms. The lowest BCUT2D eigenvalue weighted by atomic mass is 10.0. The number of hydrogen-bond acceptors (Lipinski definition) is 2. The number of aromatic nitrogens is 2. The monoisotopic (exact) mass is 328 g/mol. The van der Waals surface area contributed by atoms with Crippen molar-refractivity contribution in [1.82, 2.24) is 9.97 Å². The summed E-state index contributed by atoms with van der Waals surface area (Å²) in [7, 11) is 0. The van der Waals surface area contributed by atoms with Crippen molar-refractivity contribution in [3.05, 3.63) is 90.0 Å². The van der Waals surface area contributed by atoms with Gasteiger partial charge in [-0.05, 0) is 25.5 Å². The van der Waals surface area contributed by atoms with Crippen LogP contribution in [-0.4, -0.2) is 9.97 Å². The third-order valence-electron chi connectivity index (χ3n) is 4.28. The molecule has 1 aromatic heterocycles. The van der Waals surface area contributed by atoms with E-state index in [1.165, 1.54) is 11.6 Å². The fourth-order valence-corrected chi connectivity index (χ4v) is 2.96. The highest BCUT2D eigenvalue weighted by molar-refractivity contribution is 5.94. The Morgan fingerprint density at radius 1 is 0.960 bits per heavy atom. The van der Waals surface area contributed by atoms with E-state index in [0.29, 0.717) is 22.4 Å². The van der Waals surface area contributed by atoms with Crippen LogP contribution in [0.3, 0.4) is 0 Å². The van der Waals surface area contributed by atoms with Crippen molar-refractivity contribution in [2.24, 2.45) is 0 Å². The molecule has 0 fully saturated rings. The minimum Gasteiger partial charge on any atom is -0.228 e. The Hall–Kier alpha value is -3.07. The Bertz CT molecular complexity index is 1030. The van der Waals surface area contributed by atoms with Gasteiger partial charge in [0, 0.05) is 11.1 Å². The highest BCUT2D eigenvalue weighted by Crippen LogP contribution is 2.30. The van der Waals surface area contributed by atoms with Gasteiger partial charge in [-0.1, -0.05) is 66.3 Å². The maximum absolute atomic E-state index is 14.5. The Morgan fingerprint density at radius 3 is 2.64 bits per heavy atom. The second kappa shape index (κ2) is 6.44. The number of allylic oxidation sites excluding steroid dienone is 6. The maximum atomic E-state index is 14.5. The van der Waals surface area contributed by atoms with E-state index in [-0.39, 0.29) is 5.82 Å². The van der Waals surface area contributed by atoms with Gasteiger partial charge in [0.15, 0.2) is 5.82 Å². The normalized spacial score (nSPS) is 14.2. The third kappa shape index (κ3) is 3.01. The molecule has 0 aliphatic heterocycles. The Balaban J connectivity index is 1.97. The minimum absolute atomic E-state index is 0.300. The zero-order valence-corrected chi connectivity index (χ0v) is 13.9. The van der Waals surface area contributed by atoms with E-state index in [1.54, 1.807) is 6.07 Å². The summed E-state index contributed by atoms with van der Waals surface area (Å²) >= 11 is 0. The van der Waals surface area contributed by atoms with Crippen molar-refractivity contribution >= 4 is 16.5 Å². The quantitative estimate of drug-likeness (QED) is 0.601. The zero-order valence-electron chi connectivity index (χ0n) is 13.9. The molecule has 0 N–H and O–H groups in total. The lowest BCUT2D eigenvalue weighted by molar-refractivity contribution is 0.639. The molecule has 4 rings (SSSR count). The first-order valence-corrected chi connectivity index (χ1v) is 8.28. The van der Waals surface area contributed by atoms with Gasteiger partial charge in [0.25, 0.3) is 0 Å². The molecule has 0 saturated carbocycles. The van der Waals surface area contributed by atoms with Gasteiger partial charge < -0.3 is 0 Å². The molecule has 0 saturated heterocycles. The van der Waals surface area contributed by atoms with Gasteiger partial charge in [-0.15, -0.1) is 0 Å². The van der Waals surface area contributed by atoms with Crippen LogP contribution in [0.1, 0.15) is 19.2 Å². The van der Waals surface area contributed by atoms with Crippen LogP contribution in [-0.2, 0) is 0 Å². The van der Waals surface area contributed by atoms with Gasteiger partial charge in [-0.3, -0.25) is 0 Å². The van der Waals surface area contributed by atoms with E-state index in [0.717, 1.165) is 17.6 Å². The minimum atomic E-state index is -0.300. The van der Waals surface area contributed by atoms with E-state index in [2.05, 4.69) is 24.1 Å². The third-order valence-corrected chi connectivity index (χ3v) is 4.28. The molecule has 1 aliphatic rings. The predicted molar refractivity (Wildman–Crippen MR) is 100 cm³/mol. The van der Waals surface area contributed by atoms with Crippen LogP contribution >= 0.6 is 0 Å². The van der Waals surface area contributed by atoms with Gasteiger partial charge in [0.05, 0.1) is 16.6 Å². The van der Waals surface area contributed by atoms with Crippen LogP contribution in [0, 0.1) is 5.82 Å². The van der Waals surface area contributed by atoms with Crippen LogP contribution in [0.2, 0.25) is 0 Å². The Labute approximate surface area is 146 Å². The molecular weight excluding hydrogens is 311 g/mol. The number of hydrogen-bond donors (Lipinski definition) is 0. The highest BCUT2D eigenvalue weighted by Gasteiger charge is 2.15. The molecule has 1 heterocycles. The van der Waals surface area contributed by atoms with Crippen molar-refractivity contribution in [1.29, 1.82) is 0 Å². The largest absolute Gasteiger partial charge is 0.228 e. The molecule has 3 aromatic rings. The molecule has 3 heteroatoms. The molecule has 0 spiro atoms. The van der Waals surface area contributed by atoms with Crippen LogP contribution in [0.25, 0.3) is 27.7 Å². The van der Waals surface area contributed by atoms with Gasteiger partial charge in [0.1, 0.15) is 5.82 Å². The van der Waals surface area contributed by atoms with Crippen molar-refractivity contribution in [2.45, 2.75) is 13.3 Å². The first-order valence-electron chi connectivity index (χ1n) is 8.28. The molecule has 25 heavy (non-hydrogen) atoms. The maximum Gasteiger partial charge on any atom is 0.160 e. The molecule has 2 aromatic carbocycles. The van der Waals surface area contributed by atoms with Crippen LogP contribution in [0.4, 0.5) is 4.39 Å². The molecule has 0 radical (unpaired) electrons. The van der Waals surface area contributed by atoms with Crippen LogP contribution < -0.4 is 0 Å². The number of rotatable bonds is 2. The number of halogens is 1. The van der Waals surface area contributed by atoms with E-state index >= 15 is 0 Å². The number of fused-ring (bicyclic) bond motifs is 1. The summed E-state index contributed by atoms with van der Waals surface area (Å²) in [4.78, 5) is 9.35. The summed E-state index contributed by atoms with van der Waals surface area (Å²) in [5, 5.41) is 0.463. The molecule has 122 valence electrons. The summed E-state index contributed by atoms with van der Waals surface area (Å²) in [6.07, 6.45) is 9.07. The van der Waals surface area contributed by atoms with Crippen molar-refractivity contribution in [3.63, 3.8) is 0 Å². The van der Waals surface area contributed by atoms with E-state index in [4.69, 9.17) is 4.98 Å². The van der Waals surface area contributed by atoms with Crippen molar-refractivity contribution < 1.29 is 4.39 Å². The first kappa shape index (κ1) is 15.5. The first-order chi connectivity index (χ1) is 12.2. The summed E-state index contributed by atoms with van der Waals surface area (Å²) < 4.78 is 14.5. The summed E-state index contributed by atoms with van der Waals surface area (Å²) in [5.41, 5.74) is 4.36. The van der Waals surface area contributed by atoms with Gasteiger partial charge in [-0.25, -0.2) is 14.4 Å². The predicted octanol–water partition coefficient (Wildman–Crippen LogP) is 5.73. The SMILES string of the molecule is CC1=CC=CC(c2nc(-c3ccccc3)c3c(F)cccc3n2)=CC1. The van der Waals surface area contributed by atoms with E-state index in [9.17, 15) is 4.39 Å². The highest BCUT2D eigenvalue weighted by atomic mass is 19.1. The smallest absolute Gasteiger partial charge is 0.160 e. The second-order valence-electron chi connectivity index (χ2n) is 6.13. The summed E-state index contributed by atoms with van der Waals surface area (Å²) in [6, 6.07) is 14.7. The van der Waals surface area contributed by atoms with Crippen LogP contribution in [0.15, 0.2) is 78.4 Å². The van der Waals surface area contributed by atoms with E-state index < -0.39 is 0 Å². The second-order valence-corrected chi connectivity index (χ2v) is 6.13. The Morgan fingerprint density at radius 2 is 1.80 bits per heavy atom. The van der Waals surface area contributed by atoms with Gasteiger partial charge >= 0.3 is 0 Å². The van der Waals surface area contributed by atoms with Crippen molar-refractivity contribution in [3.8, 4) is 11.3 Å². The Kier molecular flexibility index (Phi) is 3.98. The summed E-state index contributed by atoms with van der Waals surface area (Å²) in [6.45, 7) is 2.09. The van der Waals surface area contributed by atoms with Gasteiger partial charge in [0.2, 0.25) is 0 Å². The topological polar surface area (TPSA) is 25.8 Å². The summed E-state index contributed by atoms with van der Waals surface area (Å²) in [5.74, 6) is 0.321. The zero-order chi connectivity index (χ0) is 17.2. The van der Waals surface area contributed by atoms with Gasteiger partial charge in [-0.2, -0.15) is 0 Å². The fraction of sp³-hybridized carbons (Fsp3) is 0.0909. The van der Waals surface area contributed by atoms with Crippen LogP contribution in [0.5, 0.6) is 0 Å². The lowest BCUT2D eigenvalue weighted by Crippen LogP contribution is -1.99. The standard InChI is InChI=1S/C22H17FN2/c1-15-7-5-10-17(14-13-15)22-24-19-12-6-11-18(23)20(19)21(25-22)16-8-3-2-4-9-16/h2-12,14H,13H2,1H3. The molecule has 0 unspecified atom stereocenters. The van der Waals surface area contributed by atoms with Crippen molar-refractivity contribution in [2.75, 3.05) is 0 Å². The number of nitrogens with zero attached hydrogens (tertiary/aromatic N) is 2. The average Bonchev–Trinajstić information content (AvgIpc) is 2.86. The molecule has 1 aliphatic carbocycles. The molecule has 0 amide bonds.